The molecule has 31 heavy (non-hydrogen) atoms. The van der Waals surface area contributed by atoms with Gasteiger partial charge in [-0.3, -0.25) is 4.79 Å². The Morgan fingerprint density at radius 3 is 2.42 bits per heavy atom. The number of nitrogens with one attached hydrogen (secondary N) is 2. The first-order valence-corrected chi connectivity index (χ1v) is 10.7. The molecule has 0 aromatic heterocycles. The second kappa shape index (κ2) is 7.85. The fraction of sp³-hybridized carbons (Fsp3) is 0.619. The van der Waals surface area contributed by atoms with Crippen LogP contribution in [-0.2, 0) is 4.79 Å². The smallest absolute Gasteiger partial charge is 0.404 e. The Labute approximate surface area is 182 Å². The third-order valence-electron chi connectivity index (χ3n) is 7.29. The van der Waals surface area contributed by atoms with Gasteiger partial charge in [-0.05, 0) is 62.5 Å². The van der Waals surface area contributed by atoms with E-state index in [4.69, 9.17) is 16.7 Å². The lowest BCUT2D eigenvalue weighted by Gasteiger charge is -2.37. The van der Waals surface area contributed by atoms with Crippen molar-refractivity contribution in [3.05, 3.63) is 34.4 Å². The van der Waals surface area contributed by atoms with E-state index >= 15 is 0 Å². The maximum atomic E-state index is 14.9. The summed E-state index contributed by atoms with van der Waals surface area (Å²) in [6.45, 7) is 0. The van der Waals surface area contributed by atoms with Gasteiger partial charge in [0.2, 0.25) is 5.91 Å². The first kappa shape index (κ1) is 22.2. The Bertz CT molecular complexity index is 907. The predicted octanol–water partition coefficient (Wildman–Crippen LogP) is 3.86. The molecule has 2 amide bonds. The lowest BCUT2D eigenvalue weighted by molar-refractivity contribution is -0.127. The fourth-order valence-electron chi connectivity index (χ4n) is 5.71. The summed E-state index contributed by atoms with van der Waals surface area (Å²) < 4.78 is 44.7. The van der Waals surface area contributed by atoms with Crippen molar-refractivity contribution in [3.8, 4) is 0 Å². The zero-order valence-corrected chi connectivity index (χ0v) is 17.4. The van der Waals surface area contributed by atoms with Crippen LogP contribution in [0.15, 0.2) is 12.1 Å². The van der Waals surface area contributed by atoms with Gasteiger partial charge in [-0.25, -0.2) is 18.0 Å². The molecule has 2 unspecified atom stereocenters. The molecule has 2 bridgehead atoms. The highest BCUT2D eigenvalue weighted by molar-refractivity contribution is 6.30. The van der Waals surface area contributed by atoms with Crippen molar-refractivity contribution in [1.29, 1.82) is 0 Å². The summed E-state index contributed by atoms with van der Waals surface area (Å²) in [4.78, 5) is 23.9. The predicted molar refractivity (Wildman–Crippen MR) is 105 cm³/mol. The molecule has 0 aliphatic heterocycles. The van der Waals surface area contributed by atoms with E-state index in [9.17, 15) is 27.9 Å². The van der Waals surface area contributed by atoms with Crippen molar-refractivity contribution in [2.45, 2.75) is 68.8 Å². The highest BCUT2D eigenvalue weighted by Crippen LogP contribution is 2.63. The minimum atomic E-state index is -1.41. The summed E-state index contributed by atoms with van der Waals surface area (Å²) in [5, 5.41) is 23.6. The lowest BCUT2D eigenvalue weighted by atomic mass is 9.74. The lowest BCUT2D eigenvalue weighted by Crippen LogP contribution is -2.43. The number of fused-ring (bicyclic) bond motifs is 2. The van der Waals surface area contributed by atoms with E-state index in [0.29, 0.717) is 12.8 Å². The Morgan fingerprint density at radius 2 is 1.84 bits per heavy atom. The molecule has 3 saturated carbocycles. The van der Waals surface area contributed by atoms with Crippen LogP contribution in [0.4, 0.5) is 18.0 Å². The minimum Gasteiger partial charge on any atom is -0.465 e. The molecule has 3 aliphatic rings. The summed E-state index contributed by atoms with van der Waals surface area (Å²) in [7, 11) is 0. The molecule has 4 N–H and O–H groups in total. The van der Waals surface area contributed by atoms with Crippen LogP contribution in [0, 0.1) is 23.0 Å². The van der Waals surface area contributed by atoms with Gasteiger partial charge in [0.1, 0.15) is 17.3 Å². The Kier molecular flexibility index (Phi) is 5.62. The Hall–Kier alpha value is -2.00. The molecule has 10 heteroatoms. The molecular weight excluding hydrogens is 437 g/mol. The van der Waals surface area contributed by atoms with Crippen LogP contribution in [0.3, 0.4) is 0 Å². The summed E-state index contributed by atoms with van der Waals surface area (Å²) >= 11 is 5.89. The molecule has 0 heterocycles. The summed E-state index contributed by atoms with van der Waals surface area (Å²) in [5.74, 6) is -3.17. The molecule has 0 spiro atoms. The van der Waals surface area contributed by atoms with Crippen LogP contribution in [0.25, 0.3) is 0 Å². The molecule has 3 aliphatic carbocycles. The highest BCUT2D eigenvalue weighted by atomic mass is 35.5. The van der Waals surface area contributed by atoms with Crippen LogP contribution in [0.5, 0.6) is 0 Å². The molecule has 3 fully saturated rings. The van der Waals surface area contributed by atoms with E-state index in [1.165, 1.54) is 0 Å². The number of carbonyl (C=O) groups is 2. The monoisotopic (exact) mass is 460 g/mol. The van der Waals surface area contributed by atoms with Gasteiger partial charge >= 0.3 is 6.09 Å². The standard InChI is InChI=1S/C21H24ClF3N2O4/c22-11-1-2-12(23)15(16(11)24)17(20-3-5-21(25,9-20)6-4-20)27-18(29)10-7-13(14(28)8-10)26-19(30)31/h1-2,10,13-14,17,26,28H,3-9H2,(H,27,29)(H,30,31)/t10?,13-,14-,17?,20?,21?/m0/s1. The van der Waals surface area contributed by atoms with E-state index in [0.717, 1.165) is 12.1 Å². The molecular formula is C21H24ClF3N2O4. The average molecular weight is 461 g/mol. The van der Waals surface area contributed by atoms with E-state index in [1.54, 1.807) is 0 Å². The number of carbonyl (C=O) groups excluding carboxylic acids is 1. The van der Waals surface area contributed by atoms with Gasteiger partial charge < -0.3 is 20.8 Å². The van der Waals surface area contributed by atoms with Gasteiger partial charge in [-0.2, -0.15) is 0 Å². The van der Waals surface area contributed by atoms with Gasteiger partial charge in [0, 0.05) is 11.5 Å². The normalized spacial score (nSPS) is 35.2. The largest absolute Gasteiger partial charge is 0.465 e. The van der Waals surface area contributed by atoms with Crippen LogP contribution in [0.1, 0.15) is 56.6 Å². The number of carboxylic acid groups (broad SMARTS) is 1. The molecule has 6 nitrogen and oxygen atoms in total. The van der Waals surface area contributed by atoms with Gasteiger partial charge in [0.25, 0.3) is 0 Å². The van der Waals surface area contributed by atoms with Crippen molar-refractivity contribution in [3.63, 3.8) is 0 Å². The zero-order chi connectivity index (χ0) is 22.6. The summed E-state index contributed by atoms with van der Waals surface area (Å²) in [6, 6.07) is 0.170. The van der Waals surface area contributed by atoms with Crippen LogP contribution >= 0.6 is 11.6 Å². The number of rotatable bonds is 5. The van der Waals surface area contributed by atoms with Crippen LogP contribution in [-0.4, -0.2) is 40.0 Å². The van der Waals surface area contributed by atoms with Gasteiger partial charge in [0.05, 0.1) is 23.2 Å². The quantitative estimate of drug-likeness (QED) is 0.501. The third-order valence-corrected chi connectivity index (χ3v) is 7.58. The van der Waals surface area contributed by atoms with Crippen molar-refractivity contribution >= 4 is 23.6 Å². The second-order valence-corrected chi connectivity index (χ2v) is 9.59. The van der Waals surface area contributed by atoms with E-state index in [2.05, 4.69) is 10.6 Å². The van der Waals surface area contributed by atoms with Crippen molar-refractivity contribution in [1.82, 2.24) is 10.6 Å². The topological polar surface area (TPSA) is 98.7 Å². The number of aliphatic hydroxyl groups excluding tert-OH is 1. The third kappa shape index (κ3) is 3.98. The number of hydrogen-bond acceptors (Lipinski definition) is 3. The molecule has 1 aromatic carbocycles. The molecule has 0 saturated heterocycles. The summed E-state index contributed by atoms with van der Waals surface area (Å²) in [5.41, 5.74) is -2.63. The Morgan fingerprint density at radius 1 is 1.16 bits per heavy atom. The Balaban J connectivity index is 1.63. The molecule has 4 atom stereocenters. The number of aliphatic hydroxyl groups is 1. The second-order valence-electron chi connectivity index (χ2n) is 9.18. The maximum Gasteiger partial charge on any atom is 0.404 e. The van der Waals surface area contributed by atoms with E-state index < -0.39 is 58.8 Å². The number of alkyl halides is 1. The van der Waals surface area contributed by atoms with Crippen molar-refractivity contribution < 1.29 is 33.0 Å². The first-order valence-electron chi connectivity index (χ1n) is 10.3. The maximum absolute atomic E-state index is 14.9. The van der Waals surface area contributed by atoms with Gasteiger partial charge in [0.15, 0.2) is 0 Å². The SMILES string of the molecule is O=C(O)N[C@H]1CC(C(=O)NC(c2c(F)ccc(Cl)c2F)C23CCC(F)(CC2)C3)C[C@@H]1O. The van der Waals surface area contributed by atoms with Crippen molar-refractivity contribution in [2.24, 2.45) is 11.3 Å². The molecule has 170 valence electrons. The number of amides is 2. The zero-order valence-electron chi connectivity index (χ0n) is 16.6. The number of benzene rings is 1. The molecule has 0 radical (unpaired) electrons. The number of halogens is 4. The first-order chi connectivity index (χ1) is 14.5. The van der Waals surface area contributed by atoms with Crippen LogP contribution in [0.2, 0.25) is 5.02 Å². The van der Waals surface area contributed by atoms with E-state index in [-0.39, 0.29) is 42.7 Å². The molecule has 4 rings (SSSR count). The highest BCUT2D eigenvalue weighted by Gasteiger charge is 2.59. The van der Waals surface area contributed by atoms with Crippen LogP contribution < -0.4 is 10.6 Å². The summed E-state index contributed by atoms with van der Waals surface area (Å²) in [6.07, 6.45) is -0.970. The molecule has 1 aromatic rings. The van der Waals surface area contributed by atoms with Gasteiger partial charge in [-0.15, -0.1) is 0 Å². The van der Waals surface area contributed by atoms with Crippen molar-refractivity contribution in [2.75, 3.05) is 0 Å². The minimum absolute atomic E-state index is 0.00403. The van der Waals surface area contributed by atoms with E-state index in [1.807, 2.05) is 0 Å². The number of hydrogen-bond donors (Lipinski definition) is 4. The average Bonchev–Trinajstić information content (AvgIpc) is 3.35. The van der Waals surface area contributed by atoms with Gasteiger partial charge in [-0.1, -0.05) is 11.6 Å². The fourth-order valence-corrected chi connectivity index (χ4v) is 5.88.